The van der Waals surface area contributed by atoms with Gasteiger partial charge in [0.2, 0.25) is 0 Å². The highest BCUT2D eigenvalue weighted by atomic mass is 35.5. The fourth-order valence-electron chi connectivity index (χ4n) is 2.09. The molecule has 21 heavy (non-hydrogen) atoms. The van der Waals surface area contributed by atoms with E-state index in [4.69, 9.17) is 22.0 Å². The van der Waals surface area contributed by atoms with E-state index in [1.165, 1.54) is 17.1 Å². The van der Waals surface area contributed by atoms with Crippen LogP contribution >= 0.6 is 11.6 Å². The molecule has 0 aromatic carbocycles. The lowest BCUT2D eigenvalue weighted by Crippen LogP contribution is -2.48. The van der Waals surface area contributed by atoms with E-state index in [1.807, 2.05) is 11.0 Å². The van der Waals surface area contributed by atoms with Gasteiger partial charge in [0.1, 0.15) is 16.9 Å². The van der Waals surface area contributed by atoms with Gasteiger partial charge in [0.25, 0.3) is 0 Å². The number of hydrogen-bond donors (Lipinski definition) is 1. The average Bonchev–Trinajstić information content (AvgIpc) is 2.88. The lowest BCUT2D eigenvalue weighted by atomic mass is 10.1. The maximum absolute atomic E-state index is 10.8. The topological polar surface area (TPSA) is 108 Å². The first-order chi connectivity index (χ1) is 10.1. The van der Waals surface area contributed by atoms with E-state index in [9.17, 15) is 4.79 Å². The Kier molecular flexibility index (Phi) is 3.19. The predicted molar refractivity (Wildman–Crippen MR) is 72.2 cm³/mol. The zero-order chi connectivity index (χ0) is 15.0. The Hall–Kier alpha value is -2.66. The average molecular weight is 305 g/mol. The molecular formula is C12H9ClN6O2. The summed E-state index contributed by atoms with van der Waals surface area (Å²) >= 11 is 6.12. The molecule has 0 unspecified atom stereocenters. The summed E-state index contributed by atoms with van der Waals surface area (Å²) in [5.41, 5.74) is 0.287. The molecular weight excluding hydrogens is 296 g/mol. The van der Waals surface area contributed by atoms with Crippen molar-refractivity contribution in [1.82, 2.24) is 20.0 Å². The summed E-state index contributed by atoms with van der Waals surface area (Å²) in [6, 6.07) is 3.57. The summed E-state index contributed by atoms with van der Waals surface area (Å²) in [6.45, 7) is 1.15. The van der Waals surface area contributed by atoms with E-state index in [-0.39, 0.29) is 11.7 Å². The molecule has 1 fully saturated rings. The molecule has 2 aromatic heterocycles. The third kappa shape index (κ3) is 2.28. The van der Waals surface area contributed by atoms with Crippen LogP contribution in [0.2, 0.25) is 5.02 Å². The summed E-state index contributed by atoms with van der Waals surface area (Å²) in [4.78, 5) is 16.8. The third-order valence-corrected chi connectivity index (χ3v) is 3.63. The number of halogens is 1. The van der Waals surface area contributed by atoms with E-state index in [0.717, 1.165) is 0 Å². The van der Waals surface area contributed by atoms with Crippen molar-refractivity contribution in [3.63, 3.8) is 0 Å². The molecule has 0 amide bonds. The first-order valence-electron chi connectivity index (χ1n) is 6.05. The molecule has 0 spiro atoms. The minimum atomic E-state index is -1.11. The highest BCUT2D eigenvalue weighted by Crippen LogP contribution is 2.32. The van der Waals surface area contributed by atoms with Gasteiger partial charge in [-0.15, -0.1) is 5.10 Å². The maximum atomic E-state index is 10.8. The standard InChI is InChI=1S/C12H9ClN6O2/c13-10-7(3-14)1-2-15-11(10)18-4-8(5-18)19-6-9(12(20)21)16-17-19/h1-2,6,8H,4-5H2,(H,20,21). The number of pyridine rings is 1. The van der Waals surface area contributed by atoms with Crippen LogP contribution in [0.3, 0.4) is 0 Å². The Bertz CT molecular complexity index is 746. The van der Waals surface area contributed by atoms with Crippen LogP contribution in [0.4, 0.5) is 5.82 Å². The summed E-state index contributed by atoms with van der Waals surface area (Å²) < 4.78 is 1.52. The zero-order valence-electron chi connectivity index (χ0n) is 10.6. The van der Waals surface area contributed by atoms with Crippen LogP contribution in [-0.4, -0.2) is 44.1 Å². The number of hydrogen-bond acceptors (Lipinski definition) is 6. The number of rotatable bonds is 3. The normalized spacial score (nSPS) is 14.6. The van der Waals surface area contributed by atoms with Crippen LogP contribution in [0.15, 0.2) is 18.5 Å². The summed E-state index contributed by atoms with van der Waals surface area (Å²) in [5.74, 6) is -0.561. The molecule has 0 saturated carbocycles. The van der Waals surface area contributed by atoms with Gasteiger partial charge in [-0.1, -0.05) is 16.8 Å². The second-order valence-electron chi connectivity index (χ2n) is 4.56. The maximum Gasteiger partial charge on any atom is 0.358 e. The molecule has 3 rings (SSSR count). The van der Waals surface area contributed by atoms with E-state index in [0.29, 0.717) is 29.5 Å². The van der Waals surface area contributed by atoms with Gasteiger partial charge >= 0.3 is 5.97 Å². The highest BCUT2D eigenvalue weighted by Gasteiger charge is 2.32. The SMILES string of the molecule is N#Cc1ccnc(N2CC(n3cc(C(=O)O)nn3)C2)c1Cl. The molecule has 3 heterocycles. The van der Waals surface area contributed by atoms with Crippen LogP contribution in [-0.2, 0) is 0 Å². The van der Waals surface area contributed by atoms with Crippen molar-refractivity contribution >= 4 is 23.4 Å². The Morgan fingerprint density at radius 2 is 2.29 bits per heavy atom. The first-order valence-corrected chi connectivity index (χ1v) is 6.42. The lowest BCUT2D eigenvalue weighted by molar-refractivity contribution is 0.0690. The summed E-state index contributed by atoms with van der Waals surface area (Å²) in [6.07, 6.45) is 2.93. The number of aromatic carboxylic acids is 1. The van der Waals surface area contributed by atoms with Crippen molar-refractivity contribution in [3.05, 3.63) is 34.7 Å². The number of carbonyl (C=O) groups is 1. The van der Waals surface area contributed by atoms with E-state index in [1.54, 1.807) is 6.07 Å². The molecule has 2 aromatic rings. The number of anilines is 1. The smallest absolute Gasteiger partial charge is 0.358 e. The fourth-order valence-corrected chi connectivity index (χ4v) is 2.36. The molecule has 0 radical (unpaired) electrons. The van der Waals surface area contributed by atoms with Crippen molar-refractivity contribution in [1.29, 1.82) is 5.26 Å². The van der Waals surface area contributed by atoms with Gasteiger partial charge in [-0.2, -0.15) is 5.26 Å². The van der Waals surface area contributed by atoms with Gasteiger partial charge in [0.05, 0.1) is 17.8 Å². The van der Waals surface area contributed by atoms with Gasteiger partial charge in [-0.3, -0.25) is 0 Å². The van der Waals surface area contributed by atoms with Crippen LogP contribution in [0.1, 0.15) is 22.1 Å². The van der Waals surface area contributed by atoms with Crippen molar-refractivity contribution in [3.8, 4) is 6.07 Å². The van der Waals surface area contributed by atoms with Crippen molar-refractivity contribution < 1.29 is 9.90 Å². The van der Waals surface area contributed by atoms with Gasteiger partial charge in [0.15, 0.2) is 5.69 Å². The molecule has 0 atom stereocenters. The van der Waals surface area contributed by atoms with Crippen molar-refractivity contribution in [2.45, 2.75) is 6.04 Å². The summed E-state index contributed by atoms with van der Waals surface area (Å²) in [7, 11) is 0. The molecule has 1 N–H and O–H groups in total. The molecule has 9 heteroatoms. The Morgan fingerprint density at radius 3 is 2.90 bits per heavy atom. The number of aromatic nitrogens is 4. The van der Waals surface area contributed by atoms with Gasteiger partial charge in [-0.05, 0) is 6.07 Å². The number of carboxylic acid groups (broad SMARTS) is 1. The molecule has 1 aliphatic heterocycles. The van der Waals surface area contributed by atoms with Crippen molar-refractivity contribution in [2.75, 3.05) is 18.0 Å². The van der Waals surface area contributed by atoms with Gasteiger partial charge in [-0.25, -0.2) is 14.5 Å². The second kappa shape index (κ2) is 5.03. The number of carboxylic acids is 1. The van der Waals surface area contributed by atoms with E-state index in [2.05, 4.69) is 15.3 Å². The largest absolute Gasteiger partial charge is 0.476 e. The number of nitrogens with zero attached hydrogens (tertiary/aromatic N) is 6. The fraction of sp³-hybridized carbons (Fsp3) is 0.250. The van der Waals surface area contributed by atoms with Crippen LogP contribution in [0.5, 0.6) is 0 Å². The molecule has 106 valence electrons. The van der Waals surface area contributed by atoms with Crippen molar-refractivity contribution in [2.24, 2.45) is 0 Å². The van der Waals surface area contributed by atoms with Crippen LogP contribution < -0.4 is 4.90 Å². The Morgan fingerprint density at radius 1 is 1.52 bits per heavy atom. The summed E-state index contributed by atoms with van der Waals surface area (Å²) in [5, 5.41) is 25.4. The third-order valence-electron chi connectivity index (χ3n) is 3.26. The highest BCUT2D eigenvalue weighted by molar-refractivity contribution is 6.34. The quantitative estimate of drug-likeness (QED) is 0.899. The zero-order valence-corrected chi connectivity index (χ0v) is 11.4. The lowest BCUT2D eigenvalue weighted by Gasteiger charge is -2.40. The molecule has 1 saturated heterocycles. The molecule has 1 aliphatic rings. The first kappa shape index (κ1) is 13.3. The van der Waals surface area contributed by atoms with E-state index >= 15 is 0 Å². The number of nitriles is 1. The van der Waals surface area contributed by atoms with Gasteiger partial charge < -0.3 is 10.0 Å². The Labute approximate surface area is 124 Å². The van der Waals surface area contributed by atoms with Crippen LogP contribution in [0.25, 0.3) is 0 Å². The second-order valence-corrected chi connectivity index (χ2v) is 4.93. The minimum Gasteiger partial charge on any atom is -0.476 e. The van der Waals surface area contributed by atoms with Gasteiger partial charge in [0, 0.05) is 19.3 Å². The minimum absolute atomic E-state index is 0.00853. The predicted octanol–water partition coefficient (Wildman–Crippen LogP) is 0.958. The monoisotopic (exact) mass is 304 g/mol. The van der Waals surface area contributed by atoms with E-state index < -0.39 is 5.97 Å². The molecule has 0 aliphatic carbocycles. The molecule has 8 nitrogen and oxygen atoms in total. The Balaban J connectivity index is 1.73. The van der Waals surface area contributed by atoms with Crippen LogP contribution in [0, 0.1) is 11.3 Å². The molecule has 0 bridgehead atoms.